The Labute approximate surface area is 133 Å². The highest BCUT2D eigenvalue weighted by Crippen LogP contribution is 2.33. The molecule has 4 N–H and O–H groups in total. The van der Waals surface area contributed by atoms with Gasteiger partial charge in [-0.1, -0.05) is 18.4 Å². The molecular weight excluding hydrogens is 296 g/mol. The molecule has 0 amide bonds. The molecule has 0 spiro atoms. The molecule has 1 aliphatic heterocycles. The van der Waals surface area contributed by atoms with Crippen molar-refractivity contribution in [2.75, 3.05) is 12.3 Å². The summed E-state index contributed by atoms with van der Waals surface area (Å²) in [5.74, 6) is 6.26. The molecule has 1 fully saturated rings. The van der Waals surface area contributed by atoms with Crippen LogP contribution in [0.4, 0.5) is 5.82 Å². The number of nitrogens with two attached hydrogens (primary N) is 1. The maximum Gasteiger partial charge on any atom is 0.148 e. The Morgan fingerprint density at radius 3 is 3.00 bits per heavy atom. The maximum absolute atomic E-state index is 9.93. The highest BCUT2D eigenvalue weighted by atomic mass is 16.5. The van der Waals surface area contributed by atoms with Gasteiger partial charge in [-0.3, -0.25) is 0 Å². The van der Waals surface area contributed by atoms with Gasteiger partial charge in [0.2, 0.25) is 0 Å². The SMILES string of the molecule is C=C(C)C#Cc1cn([C@H]2C[C@H](O)[C@@H](CO)O2)c2ncnc(N)c12. The molecular formula is C16H18N4O3. The summed E-state index contributed by atoms with van der Waals surface area (Å²) in [4.78, 5) is 8.28. The smallest absolute Gasteiger partial charge is 0.148 e. The van der Waals surface area contributed by atoms with Crippen LogP contribution in [0.5, 0.6) is 0 Å². The third-order valence-electron chi connectivity index (χ3n) is 3.74. The highest BCUT2D eigenvalue weighted by molar-refractivity contribution is 5.92. The van der Waals surface area contributed by atoms with Crippen LogP contribution >= 0.6 is 0 Å². The molecule has 7 nitrogen and oxygen atoms in total. The lowest BCUT2D eigenvalue weighted by atomic mass is 10.2. The second kappa shape index (κ2) is 6.01. The van der Waals surface area contributed by atoms with Gasteiger partial charge in [0.15, 0.2) is 0 Å². The zero-order valence-corrected chi connectivity index (χ0v) is 12.7. The standard InChI is InChI=1S/C16H18N4O3/c1-9(2)3-4-10-6-20(13-5-11(22)12(7-21)23-13)16-14(10)15(17)18-8-19-16/h6,8,11-13,21-22H,1,5,7H2,2H3,(H2,17,18,19)/t11-,12+,13+/m0/s1. The van der Waals surface area contributed by atoms with E-state index in [1.165, 1.54) is 6.33 Å². The molecule has 3 heterocycles. The summed E-state index contributed by atoms with van der Waals surface area (Å²) < 4.78 is 7.46. The van der Waals surface area contributed by atoms with Crippen molar-refractivity contribution in [1.82, 2.24) is 14.5 Å². The van der Waals surface area contributed by atoms with E-state index in [4.69, 9.17) is 10.5 Å². The molecule has 0 bridgehead atoms. The molecule has 2 aromatic rings. The van der Waals surface area contributed by atoms with Crippen LogP contribution in [-0.4, -0.2) is 43.6 Å². The number of nitrogens with zero attached hydrogens (tertiary/aromatic N) is 3. The fraction of sp³-hybridized carbons (Fsp3) is 0.375. The van der Waals surface area contributed by atoms with Crippen LogP contribution in [0, 0.1) is 11.8 Å². The van der Waals surface area contributed by atoms with Crippen molar-refractivity contribution in [1.29, 1.82) is 0 Å². The largest absolute Gasteiger partial charge is 0.394 e. The molecule has 120 valence electrons. The summed E-state index contributed by atoms with van der Waals surface area (Å²) in [5, 5.41) is 19.8. The minimum absolute atomic E-state index is 0.240. The third-order valence-corrected chi connectivity index (χ3v) is 3.74. The summed E-state index contributed by atoms with van der Waals surface area (Å²) in [6, 6.07) is 0. The molecule has 1 aliphatic rings. The van der Waals surface area contributed by atoms with Crippen molar-refractivity contribution in [3.05, 3.63) is 30.2 Å². The van der Waals surface area contributed by atoms with Gasteiger partial charge in [-0.05, 0) is 12.5 Å². The van der Waals surface area contributed by atoms with E-state index in [0.717, 1.165) is 5.57 Å². The zero-order valence-electron chi connectivity index (χ0n) is 12.7. The number of aromatic nitrogens is 3. The van der Waals surface area contributed by atoms with Crippen molar-refractivity contribution in [2.45, 2.75) is 31.8 Å². The maximum atomic E-state index is 9.93. The first-order chi connectivity index (χ1) is 11.0. The Morgan fingerprint density at radius 1 is 1.57 bits per heavy atom. The molecule has 23 heavy (non-hydrogen) atoms. The van der Waals surface area contributed by atoms with Gasteiger partial charge in [-0.25, -0.2) is 9.97 Å². The summed E-state index contributed by atoms with van der Waals surface area (Å²) >= 11 is 0. The Hall–Kier alpha value is -2.40. The Balaban J connectivity index is 2.11. The van der Waals surface area contributed by atoms with Gasteiger partial charge in [-0.2, -0.15) is 0 Å². The van der Waals surface area contributed by atoms with Crippen LogP contribution in [0.15, 0.2) is 24.7 Å². The lowest BCUT2D eigenvalue weighted by Crippen LogP contribution is -2.24. The van der Waals surface area contributed by atoms with E-state index in [-0.39, 0.29) is 6.61 Å². The molecule has 0 aliphatic carbocycles. The Bertz CT molecular complexity index is 818. The fourth-order valence-electron chi connectivity index (χ4n) is 2.65. The molecule has 3 atom stereocenters. The predicted molar refractivity (Wildman–Crippen MR) is 85.3 cm³/mol. The first kappa shape index (κ1) is 15.5. The van der Waals surface area contributed by atoms with Crippen LogP contribution in [0.3, 0.4) is 0 Å². The number of hydrogen-bond acceptors (Lipinski definition) is 6. The van der Waals surface area contributed by atoms with E-state index in [2.05, 4.69) is 28.4 Å². The lowest BCUT2D eigenvalue weighted by molar-refractivity contribution is -0.0430. The number of allylic oxidation sites excluding steroid dienone is 1. The summed E-state index contributed by atoms with van der Waals surface area (Å²) in [5.41, 5.74) is 7.96. The van der Waals surface area contributed by atoms with Gasteiger partial charge < -0.3 is 25.3 Å². The minimum Gasteiger partial charge on any atom is -0.394 e. The van der Waals surface area contributed by atoms with E-state index in [1.807, 2.05) is 6.92 Å². The summed E-state index contributed by atoms with van der Waals surface area (Å²) in [6.45, 7) is 5.33. The normalized spacial score (nSPS) is 23.7. The van der Waals surface area contributed by atoms with Crippen molar-refractivity contribution in [3.8, 4) is 11.8 Å². The van der Waals surface area contributed by atoms with Gasteiger partial charge in [0.1, 0.15) is 30.1 Å². The molecule has 1 saturated heterocycles. The first-order valence-electron chi connectivity index (χ1n) is 7.24. The number of rotatable bonds is 2. The monoisotopic (exact) mass is 314 g/mol. The van der Waals surface area contributed by atoms with Crippen LogP contribution < -0.4 is 5.73 Å². The van der Waals surface area contributed by atoms with Gasteiger partial charge >= 0.3 is 0 Å². The lowest BCUT2D eigenvalue weighted by Gasteiger charge is -2.14. The minimum atomic E-state index is -0.730. The van der Waals surface area contributed by atoms with E-state index < -0.39 is 18.4 Å². The zero-order chi connectivity index (χ0) is 16.6. The number of aliphatic hydroxyl groups is 2. The molecule has 0 unspecified atom stereocenters. The van der Waals surface area contributed by atoms with E-state index in [0.29, 0.717) is 28.8 Å². The molecule has 0 aromatic carbocycles. The van der Waals surface area contributed by atoms with Gasteiger partial charge in [-0.15, -0.1) is 0 Å². The quantitative estimate of drug-likeness (QED) is 0.700. The summed E-state index contributed by atoms with van der Waals surface area (Å²) in [6.07, 6.45) is 1.72. The number of nitrogen functional groups attached to an aromatic ring is 1. The van der Waals surface area contributed by atoms with Crippen molar-refractivity contribution in [2.24, 2.45) is 0 Å². The summed E-state index contributed by atoms with van der Waals surface area (Å²) in [7, 11) is 0. The molecule has 0 saturated carbocycles. The average Bonchev–Trinajstić information content (AvgIpc) is 3.06. The van der Waals surface area contributed by atoms with Gasteiger partial charge in [0.05, 0.1) is 23.7 Å². The van der Waals surface area contributed by atoms with Crippen molar-refractivity contribution in [3.63, 3.8) is 0 Å². The second-order valence-corrected chi connectivity index (χ2v) is 5.55. The number of ether oxygens (including phenoxy) is 1. The van der Waals surface area contributed by atoms with Crippen LogP contribution in [0.25, 0.3) is 11.0 Å². The van der Waals surface area contributed by atoms with Crippen LogP contribution in [0.1, 0.15) is 25.1 Å². The third kappa shape index (κ3) is 2.80. The number of hydrogen-bond donors (Lipinski definition) is 3. The highest BCUT2D eigenvalue weighted by Gasteiger charge is 2.35. The van der Waals surface area contributed by atoms with Crippen molar-refractivity contribution >= 4 is 16.9 Å². The topological polar surface area (TPSA) is 106 Å². The second-order valence-electron chi connectivity index (χ2n) is 5.55. The van der Waals surface area contributed by atoms with Gasteiger partial charge in [0, 0.05) is 12.6 Å². The molecule has 2 aromatic heterocycles. The first-order valence-corrected chi connectivity index (χ1v) is 7.24. The fourth-order valence-corrected chi connectivity index (χ4v) is 2.65. The predicted octanol–water partition coefficient (Wildman–Crippen LogP) is 0.582. The molecule has 0 radical (unpaired) electrons. The number of aliphatic hydroxyl groups excluding tert-OH is 2. The number of anilines is 1. The Morgan fingerprint density at radius 2 is 2.35 bits per heavy atom. The average molecular weight is 314 g/mol. The van der Waals surface area contributed by atoms with E-state index >= 15 is 0 Å². The van der Waals surface area contributed by atoms with E-state index in [9.17, 15) is 10.2 Å². The van der Waals surface area contributed by atoms with Crippen LogP contribution in [-0.2, 0) is 4.74 Å². The molecule has 3 rings (SSSR count). The van der Waals surface area contributed by atoms with E-state index in [1.54, 1.807) is 10.8 Å². The van der Waals surface area contributed by atoms with Crippen LogP contribution in [0.2, 0.25) is 0 Å². The van der Waals surface area contributed by atoms with Crippen molar-refractivity contribution < 1.29 is 14.9 Å². The van der Waals surface area contributed by atoms with Gasteiger partial charge in [0.25, 0.3) is 0 Å². The Kier molecular flexibility index (Phi) is 4.05. The molecule has 7 heteroatoms. The number of fused-ring (bicyclic) bond motifs is 1.